The number of sulfonamides is 1. The van der Waals surface area contributed by atoms with Gasteiger partial charge < -0.3 is 14.8 Å². The molecule has 0 saturated heterocycles. The molecule has 0 radical (unpaired) electrons. The van der Waals surface area contributed by atoms with E-state index in [0.29, 0.717) is 17.2 Å². The van der Waals surface area contributed by atoms with Crippen LogP contribution in [-0.2, 0) is 33.0 Å². The van der Waals surface area contributed by atoms with Crippen molar-refractivity contribution in [2.45, 2.75) is 38.9 Å². The maximum absolute atomic E-state index is 14.1. The number of carbonyl (C=O) groups excluding carboxylic acids is 2. The van der Waals surface area contributed by atoms with Gasteiger partial charge in [0.05, 0.1) is 17.5 Å². The number of carbonyl (C=O) groups is 2. The second kappa shape index (κ2) is 12.1. The van der Waals surface area contributed by atoms with Crippen molar-refractivity contribution in [2.75, 3.05) is 17.6 Å². The van der Waals surface area contributed by atoms with Crippen molar-refractivity contribution in [1.29, 1.82) is 0 Å². The monoisotopic (exact) mass is 597 g/mol. The summed E-state index contributed by atoms with van der Waals surface area (Å²) >= 11 is 0. The third kappa shape index (κ3) is 9.17. The quantitative estimate of drug-likeness (QED) is 0.206. The number of anilines is 1. The summed E-state index contributed by atoms with van der Waals surface area (Å²) in [5.74, 6) is -2.05. The topological polar surface area (TPSA) is 124 Å². The van der Waals surface area contributed by atoms with E-state index < -0.39 is 51.6 Å². The fourth-order valence-corrected chi connectivity index (χ4v) is 4.05. The number of amides is 1. The number of pyridine rings is 1. The lowest BCUT2D eigenvalue weighted by atomic mass is 9.86. The average Bonchev–Trinajstić information content (AvgIpc) is 2.86. The number of hydrogen-bond acceptors (Lipinski definition) is 7. The van der Waals surface area contributed by atoms with Crippen LogP contribution in [0, 0.1) is 5.82 Å². The van der Waals surface area contributed by atoms with Crippen LogP contribution >= 0.6 is 0 Å². The molecule has 1 heterocycles. The molecule has 0 saturated carbocycles. The Kier molecular flexibility index (Phi) is 9.26. The third-order valence-electron chi connectivity index (χ3n) is 5.44. The molecule has 0 aliphatic rings. The molecule has 9 nitrogen and oxygen atoms in total. The van der Waals surface area contributed by atoms with Gasteiger partial charge >= 0.3 is 12.1 Å². The SMILES string of the molecule is CC(C)(C)c1ccc(OCC(=O)NCc2ccc(NS(C)(=O)=O)c(F)c2)cc1OC(=O)c1ccc(C(F)(F)F)nc1. The van der Waals surface area contributed by atoms with Crippen LogP contribution in [0.1, 0.15) is 48.0 Å². The summed E-state index contributed by atoms with van der Waals surface area (Å²) in [5.41, 5.74) is -1.10. The van der Waals surface area contributed by atoms with E-state index in [4.69, 9.17) is 9.47 Å². The third-order valence-corrected chi connectivity index (χ3v) is 6.03. The Morgan fingerprint density at radius 3 is 2.27 bits per heavy atom. The van der Waals surface area contributed by atoms with Gasteiger partial charge in [0, 0.05) is 24.4 Å². The molecule has 3 rings (SSSR count). The summed E-state index contributed by atoms with van der Waals surface area (Å²) in [6.45, 7) is 5.08. The fraction of sp³-hybridized carbons (Fsp3) is 0.296. The highest BCUT2D eigenvalue weighted by molar-refractivity contribution is 7.92. The van der Waals surface area contributed by atoms with E-state index in [1.807, 2.05) is 25.5 Å². The van der Waals surface area contributed by atoms with E-state index in [2.05, 4.69) is 10.3 Å². The predicted octanol–water partition coefficient (Wildman–Crippen LogP) is 4.82. The van der Waals surface area contributed by atoms with E-state index in [1.165, 1.54) is 18.2 Å². The van der Waals surface area contributed by atoms with Gasteiger partial charge in [-0.1, -0.05) is 32.9 Å². The van der Waals surface area contributed by atoms with E-state index >= 15 is 0 Å². The number of ether oxygens (including phenoxy) is 2. The minimum Gasteiger partial charge on any atom is -0.484 e. The van der Waals surface area contributed by atoms with Crippen molar-refractivity contribution < 1.29 is 45.0 Å². The largest absolute Gasteiger partial charge is 0.484 e. The van der Waals surface area contributed by atoms with Gasteiger partial charge in [-0.3, -0.25) is 14.5 Å². The lowest BCUT2D eigenvalue weighted by Crippen LogP contribution is -2.28. The van der Waals surface area contributed by atoms with Gasteiger partial charge in [-0.25, -0.2) is 17.6 Å². The van der Waals surface area contributed by atoms with Crippen LogP contribution in [0.3, 0.4) is 0 Å². The zero-order valence-corrected chi connectivity index (χ0v) is 23.2. The van der Waals surface area contributed by atoms with Gasteiger partial charge in [0.2, 0.25) is 10.0 Å². The molecule has 0 bridgehead atoms. The smallest absolute Gasteiger partial charge is 0.433 e. The summed E-state index contributed by atoms with van der Waals surface area (Å²) in [5, 5.41) is 2.54. The molecule has 0 unspecified atom stereocenters. The van der Waals surface area contributed by atoms with Gasteiger partial charge in [0.15, 0.2) is 6.61 Å². The summed E-state index contributed by atoms with van der Waals surface area (Å²) in [7, 11) is -3.66. The number of nitrogens with zero attached hydrogens (tertiary/aromatic N) is 1. The number of rotatable bonds is 9. The van der Waals surface area contributed by atoms with Gasteiger partial charge in [0.1, 0.15) is 23.0 Å². The lowest BCUT2D eigenvalue weighted by Gasteiger charge is -2.23. The van der Waals surface area contributed by atoms with Crippen molar-refractivity contribution >= 4 is 27.6 Å². The van der Waals surface area contributed by atoms with Crippen LogP contribution in [0.25, 0.3) is 0 Å². The maximum Gasteiger partial charge on any atom is 0.433 e. The molecule has 2 N–H and O–H groups in total. The Labute approximate surface area is 233 Å². The highest BCUT2D eigenvalue weighted by Crippen LogP contribution is 2.35. The molecule has 0 fully saturated rings. The summed E-state index contributed by atoms with van der Waals surface area (Å²) in [4.78, 5) is 28.2. The molecule has 1 aromatic heterocycles. The van der Waals surface area contributed by atoms with Crippen molar-refractivity contribution in [3.63, 3.8) is 0 Å². The second-order valence-electron chi connectivity index (χ2n) is 9.98. The molecule has 1 amide bonds. The molecule has 0 aliphatic carbocycles. The first-order chi connectivity index (χ1) is 18.9. The van der Waals surface area contributed by atoms with E-state index in [9.17, 15) is 35.6 Å². The van der Waals surface area contributed by atoms with Crippen LogP contribution in [0.5, 0.6) is 11.5 Å². The number of hydrogen-bond donors (Lipinski definition) is 2. The fourth-order valence-electron chi connectivity index (χ4n) is 3.49. The molecule has 0 spiro atoms. The Bertz CT molecular complexity index is 1540. The lowest BCUT2D eigenvalue weighted by molar-refractivity contribution is -0.141. The second-order valence-corrected chi connectivity index (χ2v) is 11.7. The van der Waals surface area contributed by atoms with Crippen LogP contribution in [0.2, 0.25) is 0 Å². The summed E-state index contributed by atoms with van der Waals surface area (Å²) in [6, 6.07) is 9.96. The highest BCUT2D eigenvalue weighted by Gasteiger charge is 2.32. The molecule has 2 aromatic carbocycles. The maximum atomic E-state index is 14.1. The summed E-state index contributed by atoms with van der Waals surface area (Å²) in [6.07, 6.45) is -2.99. The average molecular weight is 598 g/mol. The normalized spacial score (nSPS) is 12.0. The Hall–Kier alpha value is -4.20. The van der Waals surface area contributed by atoms with Crippen LogP contribution in [0.15, 0.2) is 54.7 Å². The number of halogens is 4. The first-order valence-corrected chi connectivity index (χ1v) is 13.9. The Balaban J connectivity index is 1.65. The van der Waals surface area contributed by atoms with Gasteiger partial charge in [0.25, 0.3) is 5.91 Å². The van der Waals surface area contributed by atoms with Crippen LogP contribution in [-0.4, -0.2) is 38.1 Å². The first kappa shape index (κ1) is 31.3. The molecule has 14 heteroatoms. The van der Waals surface area contributed by atoms with Gasteiger partial charge in [-0.05, 0) is 41.3 Å². The van der Waals surface area contributed by atoms with Crippen molar-refractivity contribution in [3.05, 3.63) is 82.9 Å². The number of benzene rings is 2. The molecular formula is C27H27F4N3O6S. The van der Waals surface area contributed by atoms with E-state index in [-0.39, 0.29) is 29.3 Å². The number of aromatic nitrogens is 1. The Morgan fingerprint density at radius 2 is 1.71 bits per heavy atom. The van der Waals surface area contributed by atoms with E-state index in [0.717, 1.165) is 24.6 Å². The predicted molar refractivity (Wildman–Crippen MR) is 142 cm³/mol. The van der Waals surface area contributed by atoms with E-state index in [1.54, 1.807) is 12.1 Å². The van der Waals surface area contributed by atoms with Crippen molar-refractivity contribution in [3.8, 4) is 11.5 Å². The van der Waals surface area contributed by atoms with Gasteiger partial charge in [-0.15, -0.1) is 0 Å². The van der Waals surface area contributed by atoms with Crippen LogP contribution in [0.4, 0.5) is 23.2 Å². The molecule has 0 atom stereocenters. The van der Waals surface area contributed by atoms with Gasteiger partial charge in [-0.2, -0.15) is 13.2 Å². The van der Waals surface area contributed by atoms with Crippen molar-refractivity contribution in [1.82, 2.24) is 10.3 Å². The highest BCUT2D eigenvalue weighted by atomic mass is 32.2. The molecular weight excluding hydrogens is 570 g/mol. The minimum absolute atomic E-state index is 0.0642. The number of alkyl halides is 3. The number of nitrogens with one attached hydrogen (secondary N) is 2. The van der Waals surface area contributed by atoms with Crippen molar-refractivity contribution in [2.24, 2.45) is 0 Å². The zero-order chi connectivity index (χ0) is 30.6. The summed E-state index contributed by atoms with van der Waals surface area (Å²) < 4.78 is 88.1. The molecule has 41 heavy (non-hydrogen) atoms. The molecule has 3 aromatic rings. The number of esters is 1. The molecule has 220 valence electrons. The Morgan fingerprint density at radius 1 is 1.00 bits per heavy atom. The minimum atomic E-state index is -4.65. The first-order valence-electron chi connectivity index (χ1n) is 12.0. The van der Waals surface area contributed by atoms with Crippen LogP contribution < -0.4 is 19.5 Å². The molecule has 0 aliphatic heterocycles. The standard InChI is InChI=1S/C27H27F4N3O6S/c1-26(2,3)19-8-7-18(12-22(19)40-25(36)17-6-10-23(32-14-17)27(29,30)31)39-15-24(35)33-13-16-5-9-21(20(28)11-16)34-41(4,37)38/h5-12,14,34H,13,15H2,1-4H3,(H,33,35). The zero-order valence-electron chi connectivity index (χ0n) is 22.4.